The van der Waals surface area contributed by atoms with Crippen LogP contribution in [-0.2, 0) is 27.3 Å². The summed E-state index contributed by atoms with van der Waals surface area (Å²) in [5.74, 6) is -0.761. The van der Waals surface area contributed by atoms with Crippen LogP contribution in [0.5, 0.6) is 0 Å². The first-order chi connectivity index (χ1) is 16.4. The van der Waals surface area contributed by atoms with E-state index in [-0.39, 0.29) is 24.2 Å². The largest absolute Gasteiger partial charge is 0.465 e. The van der Waals surface area contributed by atoms with E-state index in [1.54, 1.807) is 24.9 Å². The number of likely N-dealkylation sites (N-methyl/N-ethyl adjacent to an activating group) is 1. The molecule has 0 fully saturated rings. The molecule has 8 heteroatoms. The fraction of sp³-hybridized carbons (Fsp3) is 0.296. The first-order valence-electron chi connectivity index (χ1n) is 11.4. The quantitative estimate of drug-likeness (QED) is 0.510. The average molecular weight is 496 g/mol. The highest BCUT2D eigenvalue weighted by Crippen LogP contribution is 2.31. The zero-order valence-corrected chi connectivity index (χ0v) is 20.9. The number of fused-ring (bicyclic) bond motifs is 2. The smallest absolute Gasteiger partial charge is 0.338 e. The number of methoxy groups -OCH3 is 1. The molecule has 1 heterocycles. The van der Waals surface area contributed by atoms with Gasteiger partial charge in [0.1, 0.15) is 6.04 Å². The maximum absolute atomic E-state index is 13.7. The predicted molar refractivity (Wildman–Crippen MR) is 139 cm³/mol. The van der Waals surface area contributed by atoms with Gasteiger partial charge in [-0.3, -0.25) is 9.59 Å². The molecule has 3 aromatic rings. The molecule has 1 aliphatic heterocycles. The Morgan fingerprint density at radius 2 is 1.77 bits per heavy atom. The number of hydrogen-bond acceptors (Lipinski definition) is 5. The summed E-state index contributed by atoms with van der Waals surface area (Å²) in [6.07, 6.45) is 1.20. The Hall–Kier alpha value is -3.42. The van der Waals surface area contributed by atoms with Crippen molar-refractivity contribution in [2.24, 2.45) is 0 Å². The Bertz CT molecular complexity index is 1250. The summed E-state index contributed by atoms with van der Waals surface area (Å²) in [5, 5.41) is 7.49. The number of amides is 2. The molecule has 7 nitrogen and oxygen atoms in total. The number of halogens is 1. The van der Waals surface area contributed by atoms with Gasteiger partial charge < -0.3 is 20.3 Å². The first-order valence-corrected chi connectivity index (χ1v) is 11.4. The van der Waals surface area contributed by atoms with E-state index in [1.807, 2.05) is 54.6 Å². The van der Waals surface area contributed by atoms with Crippen LogP contribution in [0.15, 0.2) is 60.7 Å². The van der Waals surface area contributed by atoms with Crippen molar-refractivity contribution in [3.63, 3.8) is 0 Å². The standard InChI is InChI=1S/C27H29N3O4.ClH/c1-17(28-2)25(31)29-23-15-14-18-8-4-5-13-24(18)30(26(23)32)16-19-9-6-11-21-20(19)10-7-12-22(21)27(33)34-3;/h4-13,17,23,28H,14-16H2,1-3H3,(H,29,31);1H/t17-,23-;/m0./s1. The molecular formula is C27H30ClN3O4. The third kappa shape index (κ3) is 5.31. The zero-order chi connectivity index (χ0) is 24.2. The third-order valence-electron chi connectivity index (χ3n) is 6.44. The molecule has 4 rings (SSSR count). The van der Waals surface area contributed by atoms with Gasteiger partial charge >= 0.3 is 5.97 Å². The summed E-state index contributed by atoms with van der Waals surface area (Å²) in [7, 11) is 3.08. The lowest BCUT2D eigenvalue weighted by Crippen LogP contribution is -2.52. The van der Waals surface area contributed by atoms with Crippen molar-refractivity contribution in [1.29, 1.82) is 0 Å². The minimum absolute atomic E-state index is 0. The average Bonchev–Trinajstić information content (AvgIpc) is 2.99. The van der Waals surface area contributed by atoms with Crippen LogP contribution in [0.2, 0.25) is 0 Å². The van der Waals surface area contributed by atoms with E-state index < -0.39 is 18.1 Å². The summed E-state index contributed by atoms with van der Waals surface area (Å²) >= 11 is 0. The number of aryl methyl sites for hydroxylation is 1. The number of rotatable bonds is 6. The highest BCUT2D eigenvalue weighted by molar-refractivity contribution is 6.06. The third-order valence-corrected chi connectivity index (χ3v) is 6.44. The van der Waals surface area contributed by atoms with Gasteiger partial charge in [0.05, 0.1) is 25.3 Å². The molecule has 2 N–H and O–H groups in total. The molecule has 0 aromatic heterocycles. The number of carbonyl (C=O) groups is 3. The highest BCUT2D eigenvalue weighted by atomic mass is 35.5. The Kier molecular flexibility index (Phi) is 8.48. The van der Waals surface area contributed by atoms with Crippen LogP contribution in [0.3, 0.4) is 0 Å². The topological polar surface area (TPSA) is 87.7 Å². The van der Waals surface area contributed by atoms with Crippen LogP contribution in [0.1, 0.15) is 34.8 Å². The van der Waals surface area contributed by atoms with Crippen LogP contribution in [0, 0.1) is 0 Å². The number of nitrogens with one attached hydrogen (secondary N) is 2. The predicted octanol–water partition coefficient (Wildman–Crippen LogP) is 3.62. The monoisotopic (exact) mass is 495 g/mol. The lowest BCUT2D eigenvalue weighted by atomic mass is 9.99. The second kappa shape index (κ2) is 11.3. The van der Waals surface area contributed by atoms with Gasteiger partial charge in [0.25, 0.3) is 0 Å². The molecule has 0 saturated carbocycles. The van der Waals surface area contributed by atoms with Crippen molar-refractivity contribution >= 4 is 46.7 Å². The van der Waals surface area contributed by atoms with Crippen LogP contribution < -0.4 is 15.5 Å². The second-order valence-electron chi connectivity index (χ2n) is 8.47. The van der Waals surface area contributed by atoms with Gasteiger partial charge in [-0.05, 0) is 60.8 Å². The maximum atomic E-state index is 13.7. The van der Waals surface area contributed by atoms with Crippen molar-refractivity contribution < 1.29 is 19.1 Å². The molecule has 0 bridgehead atoms. The summed E-state index contributed by atoms with van der Waals surface area (Å²) in [4.78, 5) is 40.3. The van der Waals surface area contributed by atoms with Gasteiger partial charge in [0.15, 0.2) is 0 Å². The van der Waals surface area contributed by atoms with E-state index in [0.29, 0.717) is 24.9 Å². The molecule has 3 aromatic carbocycles. The minimum Gasteiger partial charge on any atom is -0.465 e. The van der Waals surface area contributed by atoms with Crippen LogP contribution in [-0.4, -0.2) is 44.0 Å². The summed E-state index contributed by atoms with van der Waals surface area (Å²) in [5.41, 5.74) is 3.29. The number of carbonyl (C=O) groups excluding carboxylic acids is 3. The molecular weight excluding hydrogens is 466 g/mol. The number of nitrogens with zero attached hydrogens (tertiary/aromatic N) is 1. The Morgan fingerprint density at radius 3 is 2.51 bits per heavy atom. The number of esters is 1. The molecule has 184 valence electrons. The van der Waals surface area contributed by atoms with Crippen molar-refractivity contribution in [3.05, 3.63) is 77.4 Å². The van der Waals surface area contributed by atoms with Gasteiger partial charge in [-0.25, -0.2) is 4.79 Å². The van der Waals surface area contributed by atoms with Crippen molar-refractivity contribution in [2.75, 3.05) is 19.1 Å². The van der Waals surface area contributed by atoms with E-state index in [1.165, 1.54) is 7.11 Å². The highest BCUT2D eigenvalue weighted by Gasteiger charge is 2.32. The number of para-hydroxylation sites is 1. The Morgan fingerprint density at radius 1 is 1.06 bits per heavy atom. The van der Waals surface area contributed by atoms with Crippen LogP contribution >= 0.6 is 12.4 Å². The Labute approximate surface area is 211 Å². The van der Waals surface area contributed by atoms with Gasteiger partial charge in [-0.2, -0.15) is 0 Å². The molecule has 1 aliphatic rings. The minimum atomic E-state index is -0.628. The molecule has 0 radical (unpaired) electrons. The number of hydrogen-bond donors (Lipinski definition) is 2. The molecule has 0 spiro atoms. The molecule has 0 unspecified atom stereocenters. The van der Waals surface area contributed by atoms with Crippen LogP contribution in [0.4, 0.5) is 5.69 Å². The van der Waals surface area contributed by atoms with E-state index in [9.17, 15) is 14.4 Å². The molecule has 0 aliphatic carbocycles. The van der Waals surface area contributed by atoms with Crippen molar-refractivity contribution in [2.45, 2.75) is 38.4 Å². The lowest BCUT2D eigenvalue weighted by molar-refractivity contribution is -0.128. The van der Waals surface area contributed by atoms with Crippen molar-refractivity contribution in [3.8, 4) is 0 Å². The number of benzene rings is 3. The van der Waals surface area contributed by atoms with E-state index >= 15 is 0 Å². The van der Waals surface area contributed by atoms with Gasteiger partial charge in [-0.15, -0.1) is 12.4 Å². The summed E-state index contributed by atoms with van der Waals surface area (Å²) in [6, 6.07) is 18.0. The van der Waals surface area contributed by atoms with E-state index in [0.717, 1.165) is 27.6 Å². The van der Waals surface area contributed by atoms with E-state index in [2.05, 4.69) is 10.6 Å². The fourth-order valence-corrected chi connectivity index (χ4v) is 4.41. The van der Waals surface area contributed by atoms with Crippen LogP contribution in [0.25, 0.3) is 10.8 Å². The lowest BCUT2D eigenvalue weighted by Gasteiger charge is -2.27. The molecule has 2 atom stereocenters. The molecule has 0 saturated heterocycles. The fourth-order valence-electron chi connectivity index (χ4n) is 4.41. The Balaban J connectivity index is 0.00000342. The molecule has 35 heavy (non-hydrogen) atoms. The van der Waals surface area contributed by atoms with Gasteiger partial charge in [-0.1, -0.05) is 48.5 Å². The maximum Gasteiger partial charge on any atom is 0.338 e. The summed E-state index contributed by atoms with van der Waals surface area (Å²) < 4.78 is 4.95. The van der Waals surface area contributed by atoms with E-state index in [4.69, 9.17) is 4.74 Å². The number of anilines is 1. The normalized spacial score (nSPS) is 16.0. The molecule has 2 amide bonds. The SMILES string of the molecule is CN[C@@H](C)C(=O)N[C@H]1CCc2ccccc2N(Cc2cccc3c(C(=O)OC)cccc23)C1=O.Cl. The summed E-state index contributed by atoms with van der Waals surface area (Å²) in [6.45, 7) is 2.07. The first kappa shape index (κ1) is 26.2. The zero-order valence-electron chi connectivity index (χ0n) is 20.0. The number of ether oxygens (including phenoxy) is 1. The van der Waals surface area contributed by atoms with Gasteiger partial charge in [0.2, 0.25) is 11.8 Å². The second-order valence-corrected chi connectivity index (χ2v) is 8.47. The van der Waals surface area contributed by atoms with Crippen molar-refractivity contribution in [1.82, 2.24) is 10.6 Å². The van der Waals surface area contributed by atoms with Gasteiger partial charge in [0, 0.05) is 5.69 Å².